The van der Waals surface area contributed by atoms with Crippen LogP contribution in [0.25, 0.3) is 0 Å². The molecule has 1 fully saturated rings. The first-order valence-electron chi connectivity index (χ1n) is 6.14. The van der Waals surface area contributed by atoms with E-state index in [1.165, 1.54) is 32.1 Å². The van der Waals surface area contributed by atoms with Gasteiger partial charge in [-0.2, -0.15) is 0 Å². The SMILES string of the molecule is CCC(C)NC(CO)C1CCCCC1. The Morgan fingerprint density at radius 1 is 1.29 bits per heavy atom. The Morgan fingerprint density at radius 3 is 2.43 bits per heavy atom. The van der Waals surface area contributed by atoms with E-state index in [4.69, 9.17) is 0 Å². The summed E-state index contributed by atoms with van der Waals surface area (Å²) < 4.78 is 0. The summed E-state index contributed by atoms with van der Waals surface area (Å²) in [6.07, 6.45) is 7.83. The first-order valence-corrected chi connectivity index (χ1v) is 6.14. The Kier molecular flexibility index (Phi) is 5.49. The van der Waals surface area contributed by atoms with Crippen LogP contribution < -0.4 is 5.32 Å². The Morgan fingerprint density at radius 2 is 1.93 bits per heavy atom. The quantitative estimate of drug-likeness (QED) is 0.712. The zero-order valence-electron chi connectivity index (χ0n) is 9.63. The molecule has 1 aliphatic carbocycles. The Bertz CT molecular complexity index is 143. The van der Waals surface area contributed by atoms with E-state index in [9.17, 15) is 5.11 Å². The van der Waals surface area contributed by atoms with Crippen molar-refractivity contribution in [3.05, 3.63) is 0 Å². The number of aliphatic hydroxyl groups is 1. The summed E-state index contributed by atoms with van der Waals surface area (Å²) in [5.74, 6) is 0.711. The molecule has 14 heavy (non-hydrogen) atoms. The number of hydrogen-bond donors (Lipinski definition) is 2. The molecule has 1 rings (SSSR count). The fourth-order valence-electron chi connectivity index (χ4n) is 2.36. The van der Waals surface area contributed by atoms with Crippen molar-refractivity contribution in [1.29, 1.82) is 0 Å². The van der Waals surface area contributed by atoms with Crippen LogP contribution in [0.5, 0.6) is 0 Å². The monoisotopic (exact) mass is 199 g/mol. The molecular formula is C12H25NO. The molecule has 1 aliphatic rings. The van der Waals surface area contributed by atoms with Gasteiger partial charge >= 0.3 is 0 Å². The highest BCUT2D eigenvalue weighted by atomic mass is 16.3. The van der Waals surface area contributed by atoms with Gasteiger partial charge in [0.15, 0.2) is 0 Å². The Labute approximate surface area is 88.1 Å². The number of hydrogen-bond acceptors (Lipinski definition) is 2. The summed E-state index contributed by atoms with van der Waals surface area (Å²) >= 11 is 0. The highest BCUT2D eigenvalue weighted by Crippen LogP contribution is 2.26. The number of nitrogens with one attached hydrogen (secondary N) is 1. The molecule has 2 heteroatoms. The maximum absolute atomic E-state index is 9.36. The van der Waals surface area contributed by atoms with Crippen molar-refractivity contribution >= 4 is 0 Å². The van der Waals surface area contributed by atoms with Gasteiger partial charge in [0.2, 0.25) is 0 Å². The summed E-state index contributed by atoms with van der Waals surface area (Å²) in [7, 11) is 0. The van der Waals surface area contributed by atoms with Crippen LogP contribution >= 0.6 is 0 Å². The molecule has 0 amide bonds. The summed E-state index contributed by atoms with van der Waals surface area (Å²) in [6.45, 7) is 4.69. The molecule has 0 aromatic carbocycles. The van der Waals surface area contributed by atoms with Gasteiger partial charge in [0.25, 0.3) is 0 Å². The summed E-state index contributed by atoms with van der Waals surface area (Å²) in [5.41, 5.74) is 0. The predicted molar refractivity (Wildman–Crippen MR) is 60.3 cm³/mol. The fraction of sp³-hybridized carbons (Fsp3) is 1.00. The lowest BCUT2D eigenvalue weighted by Gasteiger charge is -2.31. The average molecular weight is 199 g/mol. The molecule has 0 saturated heterocycles. The second-order valence-corrected chi connectivity index (χ2v) is 4.66. The van der Waals surface area contributed by atoms with Crippen molar-refractivity contribution in [3.63, 3.8) is 0 Å². The van der Waals surface area contributed by atoms with Crippen molar-refractivity contribution in [2.45, 2.75) is 64.5 Å². The van der Waals surface area contributed by atoms with E-state index in [0.717, 1.165) is 6.42 Å². The average Bonchev–Trinajstić information content (AvgIpc) is 2.26. The van der Waals surface area contributed by atoms with E-state index in [2.05, 4.69) is 19.2 Å². The van der Waals surface area contributed by atoms with Gasteiger partial charge in [0.1, 0.15) is 0 Å². The summed E-state index contributed by atoms with van der Waals surface area (Å²) in [5, 5.41) is 12.9. The van der Waals surface area contributed by atoms with Crippen molar-refractivity contribution in [2.75, 3.05) is 6.61 Å². The third-order valence-electron chi connectivity index (χ3n) is 3.53. The van der Waals surface area contributed by atoms with Crippen LogP contribution in [0, 0.1) is 5.92 Å². The fourth-order valence-corrected chi connectivity index (χ4v) is 2.36. The maximum atomic E-state index is 9.36. The van der Waals surface area contributed by atoms with Crippen molar-refractivity contribution in [1.82, 2.24) is 5.32 Å². The molecule has 2 N–H and O–H groups in total. The van der Waals surface area contributed by atoms with E-state index >= 15 is 0 Å². The third-order valence-corrected chi connectivity index (χ3v) is 3.53. The highest BCUT2D eigenvalue weighted by molar-refractivity contribution is 4.80. The topological polar surface area (TPSA) is 32.3 Å². The largest absolute Gasteiger partial charge is 0.395 e. The lowest BCUT2D eigenvalue weighted by molar-refractivity contribution is 0.162. The lowest BCUT2D eigenvalue weighted by atomic mass is 9.84. The normalized spacial score (nSPS) is 23.4. The zero-order chi connectivity index (χ0) is 10.4. The maximum Gasteiger partial charge on any atom is 0.0587 e. The molecule has 0 spiro atoms. The second kappa shape index (κ2) is 6.41. The van der Waals surface area contributed by atoms with Gasteiger partial charge in [0.05, 0.1) is 6.61 Å². The molecule has 2 nitrogen and oxygen atoms in total. The first-order chi connectivity index (χ1) is 6.77. The Hall–Kier alpha value is -0.0800. The van der Waals surface area contributed by atoms with Gasteiger partial charge < -0.3 is 10.4 Å². The highest BCUT2D eigenvalue weighted by Gasteiger charge is 2.23. The van der Waals surface area contributed by atoms with Crippen molar-refractivity contribution in [3.8, 4) is 0 Å². The molecule has 0 aromatic rings. The number of aliphatic hydroxyl groups excluding tert-OH is 1. The van der Waals surface area contributed by atoms with E-state index in [-0.39, 0.29) is 0 Å². The lowest BCUT2D eigenvalue weighted by Crippen LogP contribution is -2.44. The van der Waals surface area contributed by atoms with Crippen molar-refractivity contribution < 1.29 is 5.11 Å². The minimum Gasteiger partial charge on any atom is -0.395 e. The zero-order valence-corrected chi connectivity index (χ0v) is 9.63. The molecular weight excluding hydrogens is 174 g/mol. The van der Waals surface area contributed by atoms with Gasteiger partial charge in [-0.15, -0.1) is 0 Å². The third kappa shape index (κ3) is 3.58. The van der Waals surface area contributed by atoms with Gasteiger partial charge in [-0.1, -0.05) is 26.2 Å². The molecule has 0 aliphatic heterocycles. The van der Waals surface area contributed by atoms with Crippen LogP contribution in [0.1, 0.15) is 52.4 Å². The minimum atomic E-state index is 0.301. The van der Waals surface area contributed by atoms with E-state index in [1.54, 1.807) is 0 Å². The molecule has 0 radical (unpaired) electrons. The van der Waals surface area contributed by atoms with Gasteiger partial charge in [-0.3, -0.25) is 0 Å². The van der Waals surface area contributed by atoms with Gasteiger partial charge in [0, 0.05) is 12.1 Å². The van der Waals surface area contributed by atoms with Crippen LogP contribution in [0.4, 0.5) is 0 Å². The van der Waals surface area contributed by atoms with E-state index in [1.807, 2.05) is 0 Å². The van der Waals surface area contributed by atoms with Crippen LogP contribution in [0.15, 0.2) is 0 Å². The molecule has 0 bridgehead atoms. The van der Waals surface area contributed by atoms with Crippen LogP contribution in [-0.2, 0) is 0 Å². The van der Waals surface area contributed by atoms with Crippen LogP contribution in [-0.4, -0.2) is 23.8 Å². The van der Waals surface area contributed by atoms with Crippen LogP contribution in [0.3, 0.4) is 0 Å². The summed E-state index contributed by atoms with van der Waals surface area (Å²) in [4.78, 5) is 0. The molecule has 2 unspecified atom stereocenters. The number of rotatable bonds is 5. The minimum absolute atomic E-state index is 0.301. The van der Waals surface area contributed by atoms with Gasteiger partial charge in [-0.25, -0.2) is 0 Å². The standard InChI is InChI=1S/C12H25NO/c1-3-10(2)13-12(9-14)11-7-5-4-6-8-11/h10-14H,3-9H2,1-2H3. The molecule has 0 heterocycles. The van der Waals surface area contributed by atoms with E-state index < -0.39 is 0 Å². The van der Waals surface area contributed by atoms with E-state index in [0.29, 0.717) is 24.6 Å². The molecule has 2 atom stereocenters. The second-order valence-electron chi connectivity index (χ2n) is 4.66. The molecule has 84 valence electrons. The van der Waals surface area contributed by atoms with Crippen molar-refractivity contribution in [2.24, 2.45) is 5.92 Å². The predicted octanol–water partition coefficient (Wildman–Crippen LogP) is 2.32. The first kappa shape index (κ1) is 12.0. The molecule has 1 saturated carbocycles. The van der Waals surface area contributed by atoms with Gasteiger partial charge in [-0.05, 0) is 32.1 Å². The molecule has 0 aromatic heterocycles. The Balaban J connectivity index is 2.35. The van der Waals surface area contributed by atoms with Crippen LogP contribution in [0.2, 0.25) is 0 Å². The smallest absolute Gasteiger partial charge is 0.0587 e. The summed E-state index contributed by atoms with van der Waals surface area (Å²) in [6, 6.07) is 0.874.